The van der Waals surface area contributed by atoms with Gasteiger partial charge in [-0.05, 0) is 18.6 Å². The number of H-pyrrole nitrogens is 1. The summed E-state index contributed by atoms with van der Waals surface area (Å²) in [7, 11) is 1.20. The molecule has 3 N–H and O–H groups in total. The van der Waals surface area contributed by atoms with Gasteiger partial charge in [-0.3, -0.25) is 25.2 Å². The molecular formula is C22H29N3O6. The Morgan fingerprint density at radius 1 is 1.00 bits per heavy atom. The van der Waals surface area contributed by atoms with Gasteiger partial charge < -0.3 is 14.5 Å². The maximum Gasteiger partial charge on any atom is 0.354 e. The third-order valence-corrected chi connectivity index (χ3v) is 4.69. The molecule has 0 bridgehead atoms. The Morgan fingerprint density at radius 3 is 2.39 bits per heavy atom. The summed E-state index contributed by atoms with van der Waals surface area (Å²) in [5, 5.41) is 0.265. The summed E-state index contributed by atoms with van der Waals surface area (Å²) in [6, 6.07) is 4.02. The Labute approximate surface area is 180 Å². The molecule has 0 saturated heterocycles. The van der Waals surface area contributed by atoms with Crippen LogP contribution in [0.15, 0.2) is 23.0 Å². The number of ether oxygens (including phenoxy) is 2. The van der Waals surface area contributed by atoms with E-state index in [1.807, 2.05) is 0 Å². The second-order valence-electron chi connectivity index (χ2n) is 7.18. The molecular weight excluding hydrogens is 402 g/mol. The van der Waals surface area contributed by atoms with Crippen molar-refractivity contribution in [2.24, 2.45) is 0 Å². The smallest absolute Gasteiger partial charge is 0.354 e. The molecule has 0 aliphatic rings. The molecule has 2 rings (SSSR count). The number of hydrazine groups is 1. The Bertz CT molecular complexity index is 999. The SMILES string of the molecule is CCCCCCCCOc1cc2c(=O)cc(C(=O)OC)[nH]c2cc1C(=O)NNC(C)=O. The monoisotopic (exact) mass is 431 g/mol. The Kier molecular flexibility index (Phi) is 9.05. The molecule has 9 nitrogen and oxygen atoms in total. The quantitative estimate of drug-likeness (QED) is 0.302. The van der Waals surface area contributed by atoms with Gasteiger partial charge in [0.05, 0.1) is 24.8 Å². The van der Waals surface area contributed by atoms with E-state index < -0.39 is 23.2 Å². The number of rotatable bonds is 10. The van der Waals surface area contributed by atoms with E-state index in [1.54, 1.807) is 0 Å². The summed E-state index contributed by atoms with van der Waals surface area (Å²) >= 11 is 0. The second-order valence-corrected chi connectivity index (χ2v) is 7.18. The Balaban J connectivity index is 2.30. The molecule has 2 amide bonds. The molecule has 0 fully saturated rings. The van der Waals surface area contributed by atoms with Gasteiger partial charge in [-0.2, -0.15) is 0 Å². The summed E-state index contributed by atoms with van der Waals surface area (Å²) in [6.45, 7) is 3.80. The summed E-state index contributed by atoms with van der Waals surface area (Å²) in [4.78, 5) is 50.8. The second kappa shape index (κ2) is 11.7. The lowest BCUT2D eigenvalue weighted by Crippen LogP contribution is -2.40. The number of hydrogen-bond acceptors (Lipinski definition) is 6. The fraction of sp³-hybridized carbons (Fsp3) is 0.455. The first kappa shape index (κ1) is 23.9. The highest BCUT2D eigenvalue weighted by atomic mass is 16.5. The fourth-order valence-corrected chi connectivity index (χ4v) is 3.07. The number of carbonyl (C=O) groups is 3. The van der Waals surface area contributed by atoms with Gasteiger partial charge in [0.25, 0.3) is 5.91 Å². The van der Waals surface area contributed by atoms with Crippen molar-refractivity contribution >= 4 is 28.7 Å². The van der Waals surface area contributed by atoms with Crippen LogP contribution < -0.4 is 21.0 Å². The standard InChI is InChI=1S/C22H29N3O6/c1-4-5-6-7-8-9-10-31-20-12-15-17(11-16(20)21(28)25-24-14(2)26)23-18(13-19(15)27)22(29)30-3/h11-13H,4-10H2,1-3H3,(H,23,27)(H,24,26)(H,25,28). The lowest BCUT2D eigenvalue weighted by Gasteiger charge is -2.14. The first-order chi connectivity index (χ1) is 14.9. The molecule has 1 heterocycles. The number of esters is 1. The van der Waals surface area contributed by atoms with E-state index in [0.29, 0.717) is 6.61 Å². The van der Waals surface area contributed by atoms with Gasteiger partial charge in [0, 0.05) is 18.4 Å². The number of benzene rings is 1. The highest BCUT2D eigenvalue weighted by Crippen LogP contribution is 2.24. The average molecular weight is 431 g/mol. The largest absolute Gasteiger partial charge is 0.493 e. The minimum absolute atomic E-state index is 0.0334. The summed E-state index contributed by atoms with van der Waals surface area (Å²) in [5.41, 5.74) is 4.46. The van der Waals surface area contributed by atoms with E-state index in [-0.39, 0.29) is 27.9 Å². The van der Waals surface area contributed by atoms with Gasteiger partial charge in [-0.1, -0.05) is 39.0 Å². The minimum atomic E-state index is -0.702. The van der Waals surface area contributed by atoms with Crippen molar-refractivity contribution in [3.63, 3.8) is 0 Å². The van der Waals surface area contributed by atoms with Gasteiger partial charge in [0.15, 0.2) is 5.43 Å². The molecule has 31 heavy (non-hydrogen) atoms. The molecule has 0 aliphatic carbocycles. The van der Waals surface area contributed by atoms with Crippen LogP contribution in [0.4, 0.5) is 0 Å². The predicted octanol–water partition coefficient (Wildman–Crippen LogP) is 2.83. The van der Waals surface area contributed by atoms with Crippen molar-refractivity contribution in [1.82, 2.24) is 15.8 Å². The number of carbonyl (C=O) groups excluding carboxylic acids is 3. The van der Waals surface area contributed by atoms with Crippen LogP contribution in [-0.4, -0.2) is 36.5 Å². The first-order valence-corrected chi connectivity index (χ1v) is 10.4. The Morgan fingerprint density at radius 2 is 1.71 bits per heavy atom. The molecule has 168 valence electrons. The minimum Gasteiger partial charge on any atom is -0.493 e. The molecule has 2 aromatic rings. The van der Waals surface area contributed by atoms with Gasteiger partial charge in [-0.25, -0.2) is 4.79 Å². The van der Waals surface area contributed by atoms with Crippen LogP contribution in [0, 0.1) is 0 Å². The van der Waals surface area contributed by atoms with E-state index >= 15 is 0 Å². The Hall–Kier alpha value is -3.36. The normalized spacial score (nSPS) is 10.5. The molecule has 9 heteroatoms. The number of nitrogens with one attached hydrogen (secondary N) is 3. The van der Waals surface area contributed by atoms with Crippen molar-refractivity contribution in [1.29, 1.82) is 0 Å². The van der Waals surface area contributed by atoms with E-state index in [2.05, 4.69) is 27.5 Å². The summed E-state index contributed by atoms with van der Waals surface area (Å²) in [6.07, 6.45) is 6.48. The fourth-order valence-electron chi connectivity index (χ4n) is 3.07. The van der Waals surface area contributed by atoms with Gasteiger partial charge >= 0.3 is 5.97 Å². The van der Waals surface area contributed by atoms with Crippen LogP contribution in [0.5, 0.6) is 5.75 Å². The number of aromatic nitrogens is 1. The van der Waals surface area contributed by atoms with Crippen molar-refractivity contribution in [2.75, 3.05) is 13.7 Å². The maximum absolute atomic E-state index is 12.6. The van der Waals surface area contributed by atoms with Crippen LogP contribution in [0.3, 0.4) is 0 Å². The predicted molar refractivity (Wildman–Crippen MR) is 116 cm³/mol. The molecule has 0 aliphatic heterocycles. The lowest BCUT2D eigenvalue weighted by molar-refractivity contribution is -0.119. The van der Waals surface area contributed by atoms with Gasteiger partial charge in [-0.15, -0.1) is 0 Å². The van der Waals surface area contributed by atoms with Gasteiger partial charge in [0.2, 0.25) is 5.91 Å². The first-order valence-electron chi connectivity index (χ1n) is 10.4. The average Bonchev–Trinajstić information content (AvgIpc) is 2.75. The third kappa shape index (κ3) is 6.84. The zero-order valence-electron chi connectivity index (χ0n) is 18.1. The van der Waals surface area contributed by atoms with Crippen LogP contribution in [0.2, 0.25) is 0 Å². The van der Waals surface area contributed by atoms with Gasteiger partial charge in [0.1, 0.15) is 11.4 Å². The van der Waals surface area contributed by atoms with Crippen molar-refractivity contribution in [3.8, 4) is 5.75 Å². The number of fused-ring (bicyclic) bond motifs is 1. The summed E-state index contributed by atoms with van der Waals surface area (Å²) < 4.78 is 10.5. The van der Waals surface area contributed by atoms with E-state index in [0.717, 1.165) is 25.3 Å². The van der Waals surface area contributed by atoms with Crippen molar-refractivity contribution in [2.45, 2.75) is 52.4 Å². The van der Waals surface area contributed by atoms with Crippen molar-refractivity contribution < 1.29 is 23.9 Å². The van der Waals surface area contributed by atoms with E-state index in [4.69, 9.17) is 4.74 Å². The number of hydrogen-bond donors (Lipinski definition) is 3. The van der Waals surface area contributed by atoms with E-state index in [1.165, 1.54) is 45.4 Å². The van der Waals surface area contributed by atoms with E-state index in [9.17, 15) is 19.2 Å². The zero-order valence-corrected chi connectivity index (χ0v) is 18.1. The highest BCUT2D eigenvalue weighted by molar-refractivity contribution is 6.02. The number of unbranched alkanes of at least 4 members (excludes halogenated alkanes) is 5. The molecule has 1 aromatic carbocycles. The molecule has 0 atom stereocenters. The lowest BCUT2D eigenvalue weighted by atomic mass is 10.1. The third-order valence-electron chi connectivity index (χ3n) is 4.69. The maximum atomic E-state index is 12.6. The van der Waals surface area contributed by atoms with Crippen molar-refractivity contribution in [3.05, 3.63) is 39.7 Å². The topological polar surface area (TPSA) is 127 Å². The van der Waals surface area contributed by atoms with Crippen LogP contribution in [-0.2, 0) is 9.53 Å². The van der Waals surface area contributed by atoms with Crippen LogP contribution in [0.25, 0.3) is 10.9 Å². The molecule has 0 saturated carbocycles. The molecule has 0 unspecified atom stereocenters. The molecule has 0 spiro atoms. The molecule has 1 aromatic heterocycles. The van der Waals surface area contributed by atoms with Crippen LogP contribution in [0.1, 0.15) is 73.2 Å². The highest BCUT2D eigenvalue weighted by Gasteiger charge is 2.18. The number of aromatic amines is 1. The number of amides is 2. The number of methoxy groups -OCH3 is 1. The molecule has 0 radical (unpaired) electrons. The number of pyridine rings is 1. The summed E-state index contributed by atoms with van der Waals surface area (Å²) in [5.74, 6) is -1.53. The zero-order chi connectivity index (χ0) is 22.8. The van der Waals surface area contributed by atoms with Crippen LogP contribution >= 0.6 is 0 Å².